The van der Waals surface area contributed by atoms with Crippen LogP contribution in [0.1, 0.15) is 122 Å². The van der Waals surface area contributed by atoms with Gasteiger partial charge in [0.2, 0.25) is 0 Å². The molecule has 0 rings (SSSR count). The Kier molecular flexibility index (Phi) is 22.7. The Balaban J connectivity index is 3.18. The van der Waals surface area contributed by atoms with Crippen LogP contribution in [0.4, 0.5) is 0 Å². The van der Waals surface area contributed by atoms with Crippen LogP contribution in [0.25, 0.3) is 0 Å². The van der Waals surface area contributed by atoms with E-state index in [2.05, 4.69) is 19.1 Å². The number of aliphatic hydroxyl groups is 2. The second-order valence-electron chi connectivity index (χ2n) is 8.27. The maximum Gasteiger partial charge on any atom is 0.305 e. The molecule has 0 amide bonds. The molecular formula is C25H48O4. The van der Waals surface area contributed by atoms with Crippen LogP contribution in [-0.2, 0) is 9.53 Å². The molecule has 0 fully saturated rings. The molecule has 0 radical (unpaired) electrons. The molecule has 4 heteroatoms. The van der Waals surface area contributed by atoms with Gasteiger partial charge in [0, 0.05) is 6.42 Å². The number of unbranched alkanes of at least 4 members (excludes halogenated alkanes) is 15. The molecule has 0 aromatic heterocycles. The lowest BCUT2D eigenvalue weighted by atomic mass is 10.1. The Hall–Kier alpha value is -0.870. The fraction of sp³-hybridized carbons (Fsp3) is 0.880. The van der Waals surface area contributed by atoms with Gasteiger partial charge in [-0.2, -0.15) is 0 Å². The Morgan fingerprint density at radius 1 is 0.759 bits per heavy atom. The van der Waals surface area contributed by atoms with E-state index in [-0.39, 0.29) is 19.2 Å². The lowest BCUT2D eigenvalue weighted by Gasteiger charge is -2.08. The Labute approximate surface area is 180 Å². The number of allylic oxidation sites excluding steroid dienone is 2. The Bertz CT molecular complexity index is 368. The minimum absolute atomic E-state index is 0.107. The molecule has 172 valence electrons. The molecule has 0 spiro atoms. The summed E-state index contributed by atoms with van der Waals surface area (Å²) in [5.41, 5.74) is 0. The highest BCUT2D eigenvalue weighted by molar-refractivity contribution is 5.69. The van der Waals surface area contributed by atoms with Crippen molar-refractivity contribution < 1.29 is 19.7 Å². The number of hydrogen-bond donors (Lipinski definition) is 2. The number of hydrogen-bond acceptors (Lipinski definition) is 4. The zero-order valence-corrected chi connectivity index (χ0v) is 19.1. The molecule has 1 atom stereocenters. The molecule has 0 unspecified atom stereocenters. The van der Waals surface area contributed by atoms with Crippen LogP contribution in [0.5, 0.6) is 0 Å². The predicted octanol–water partition coefficient (Wildman–Crippen LogP) is 6.48. The summed E-state index contributed by atoms with van der Waals surface area (Å²) in [6.45, 7) is 1.79. The van der Waals surface area contributed by atoms with E-state index in [1.807, 2.05) is 0 Å². The van der Waals surface area contributed by atoms with Crippen molar-refractivity contribution in [1.29, 1.82) is 0 Å². The van der Waals surface area contributed by atoms with E-state index in [4.69, 9.17) is 14.9 Å². The highest BCUT2D eigenvalue weighted by Crippen LogP contribution is 2.12. The number of rotatable bonds is 22. The van der Waals surface area contributed by atoms with E-state index in [1.54, 1.807) is 0 Å². The van der Waals surface area contributed by atoms with Crippen molar-refractivity contribution in [1.82, 2.24) is 0 Å². The van der Waals surface area contributed by atoms with Crippen LogP contribution in [-0.4, -0.2) is 35.5 Å². The quantitative estimate of drug-likeness (QED) is 0.121. The van der Waals surface area contributed by atoms with E-state index in [1.165, 1.54) is 96.3 Å². The molecule has 0 aliphatic heterocycles. The lowest BCUT2D eigenvalue weighted by molar-refractivity contribution is -0.147. The van der Waals surface area contributed by atoms with Crippen LogP contribution in [0, 0.1) is 0 Å². The van der Waals surface area contributed by atoms with Crippen LogP contribution in [0.3, 0.4) is 0 Å². The standard InChI is InChI=1S/C25H48O4/c1-2-3-4-5-6-7-8-9-10-11-12-13-14-15-16-17-18-19-20-21-25(28)29-23-24(27)22-26/h9-10,24,26-27H,2-8,11-23H2,1H3/b10-9+/t24-/m1/s1. The molecular weight excluding hydrogens is 364 g/mol. The van der Waals surface area contributed by atoms with Crippen molar-refractivity contribution in [3.8, 4) is 0 Å². The molecule has 0 heterocycles. The minimum Gasteiger partial charge on any atom is -0.463 e. The highest BCUT2D eigenvalue weighted by Gasteiger charge is 2.07. The first-order valence-corrected chi connectivity index (χ1v) is 12.3. The van der Waals surface area contributed by atoms with Gasteiger partial charge in [-0.15, -0.1) is 0 Å². The Morgan fingerprint density at radius 3 is 1.69 bits per heavy atom. The molecule has 2 N–H and O–H groups in total. The summed E-state index contributed by atoms with van der Waals surface area (Å²) in [5, 5.41) is 17.8. The van der Waals surface area contributed by atoms with Crippen LogP contribution in [0.15, 0.2) is 12.2 Å². The molecule has 0 aliphatic carbocycles. The maximum absolute atomic E-state index is 11.4. The molecule has 0 aliphatic rings. The normalized spacial score (nSPS) is 12.5. The highest BCUT2D eigenvalue weighted by atomic mass is 16.5. The van der Waals surface area contributed by atoms with Crippen LogP contribution < -0.4 is 0 Å². The van der Waals surface area contributed by atoms with Gasteiger partial charge >= 0.3 is 5.97 Å². The van der Waals surface area contributed by atoms with Gasteiger partial charge in [0.15, 0.2) is 0 Å². The van der Waals surface area contributed by atoms with Gasteiger partial charge in [-0.25, -0.2) is 0 Å². The summed E-state index contributed by atoms with van der Waals surface area (Å²) in [6, 6.07) is 0. The third-order valence-corrected chi connectivity index (χ3v) is 5.29. The van der Waals surface area contributed by atoms with Gasteiger partial charge in [0.1, 0.15) is 12.7 Å². The predicted molar refractivity (Wildman–Crippen MR) is 122 cm³/mol. The summed E-state index contributed by atoms with van der Waals surface area (Å²) in [7, 11) is 0. The average molecular weight is 413 g/mol. The van der Waals surface area contributed by atoms with Gasteiger partial charge in [-0.05, 0) is 32.1 Å². The minimum atomic E-state index is -0.958. The molecule has 0 aromatic rings. The van der Waals surface area contributed by atoms with Gasteiger partial charge in [0.05, 0.1) is 6.61 Å². The second-order valence-corrected chi connectivity index (χ2v) is 8.27. The summed E-state index contributed by atoms with van der Waals surface area (Å²) in [5.74, 6) is -0.279. The third kappa shape index (κ3) is 23.3. The van der Waals surface area contributed by atoms with Gasteiger partial charge < -0.3 is 14.9 Å². The van der Waals surface area contributed by atoms with Crippen molar-refractivity contribution in [2.24, 2.45) is 0 Å². The van der Waals surface area contributed by atoms with Gasteiger partial charge in [0.25, 0.3) is 0 Å². The molecule has 0 saturated heterocycles. The number of aliphatic hydroxyl groups excluding tert-OH is 2. The number of carbonyl (C=O) groups excluding carboxylic acids is 1. The third-order valence-electron chi connectivity index (χ3n) is 5.29. The van der Waals surface area contributed by atoms with Crippen molar-refractivity contribution in [3.05, 3.63) is 12.2 Å². The first-order chi connectivity index (χ1) is 14.2. The monoisotopic (exact) mass is 412 g/mol. The maximum atomic E-state index is 11.4. The fourth-order valence-electron chi connectivity index (χ4n) is 3.36. The number of esters is 1. The Morgan fingerprint density at radius 2 is 1.21 bits per heavy atom. The number of carbonyl (C=O) groups is 1. The molecule has 0 bridgehead atoms. The average Bonchev–Trinajstić information content (AvgIpc) is 2.73. The molecule has 4 nitrogen and oxygen atoms in total. The van der Waals surface area contributed by atoms with E-state index in [9.17, 15) is 4.79 Å². The van der Waals surface area contributed by atoms with E-state index < -0.39 is 6.10 Å². The second kappa shape index (κ2) is 23.4. The van der Waals surface area contributed by atoms with E-state index in [0.29, 0.717) is 6.42 Å². The van der Waals surface area contributed by atoms with E-state index in [0.717, 1.165) is 12.8 Å². The lowest BCUT2D eigenvalue weighted by Crippen LogP contribution is -2.21. The summed E-state index contributed by atoms with van der Waals surface area (Å²) in [6.07, 6.45) is 25.9. The van der Waals surface area contributed by atoms with Crippen LogP contribution >= 0.6 is 0 Å². The van der Waals surface area contributed by atoms with Crippen molar-refractivity contribution >= 4 is 5.97 Å². The summed E-state index contributed by atoms with van der Waals surface area (Å²) in [4.78, 5) is 11.4. The van der Waals surface area contributed by atoms with Gasteiger partial charge in [-0.3, -0.25) is 4.79 Å². The zero-order chi connectivity index (χ0) is 21.4. The largest absolute Gasteiger partial charge is 0.463 e. The van der Waals surface area contributed by atoms with Crippen molar-refractivity contribution in [2.75, 3.05) is 13.2 Å². The smallest absolute Gasteiger partial charge is 0.305 e. The first kappa shape index (κ1) is 28.1. The van der Waals surface area contributed by atoms with Crippen LogP contribution in [0.2, 0.25) is 0 Å². The summed E-state index contributed by atoms with van der Waals surface area (Å²) < 4.78 is 4.88. The van der Waals surface area contributed by atoms with E-state index >= 15 is 0 Å². The SMILES string of the molecule is CCCCCCCC/C=C/CCCCCCCCCCCC(=O)OC[C@H](O)CO. The summed E-state index contributed by atoms with van der Waals surface area (Å²) >= 11 is 0. The number of ether oxygens (including phenoxy) is 1. The molecule has 0 aromatic carbocycles. The topological polar surface area (TPSA) is 66.8 Å². The zero-order valence-electron chi connectivity index (χ0n) is 19.1. The first-order valence-electron chi connectivity index (χ1n) is 12.3. The molecule has 0 saturated carbocycles. The van der Waals surface area contributed by atoms with Gasteiger partial charge in [-0.1, -0.05) is 96.1 Å². The van der Waals surface area contributed by atoms with Crippen molar-refractivity contribution in [2.45, 2.75) is 129 Å². The van der Waals surface area contributed by atoms with Crippen molar-refractivity contribution in [3.63, 3.8) is 0 Å². The molecule has 29 heavy (non-hydrogen) atoms. The fourth-order valence-corrected chi connectivity index (χ4v) is 3.36.